The Kier molecular flexibility index (Phi) is 4.51. The molecule has 1 unspecified atom stereocenters. The molecule has 0 radical (unpaired) electrons. The van der Waals surface area contributed by atoms with Crippen LogP contribution >= 0.6 is 0 Å². The van der Waals surface area contributed by atoms with Crippen LogP contribution in [-0.4, -0.2) is 19.3 Å². The van der Waals surface area contributed by atoms with Gasteiger partial charge in [0, 0.05) is 25.8 Å². The first-order chi connectivity index (χ1) is 8.25. The summed E-state index contributed by atoms with van der Waals surface area (Å²) in [5.74, 6) is 0.514. The molecule has 1 aromatic rings. The van der Waals surface area contributed by atoms with Gasteiger partial charge in [0.1, 0.15) is 5.82 Å². The summed E-state index contributed by atoms with van der Waals surface area (Å²) < 4.78 is 18.4. The maximum atomic E-state index is 13.0. The van der Waals surface area contributed by atoms with Gasteiger partial charge in [0.15, 0.2) is 0 Å². The molecule has 1 aliphatic heterocycles. The second-order valence-corrected chi connectivity index (χ2v) is 4.75. The molecule has 1 heterocycles. The van der Waals surface area contributed by atoms with Crippen LogP contribution in [0, 0.1) is 11.7 Å². The Morgan fingerprint density at radius 1 is 1.41 bits per heavy atom. The van der Waals surface area contributed by atoms with Crippen molar-refractivity contribution in [2.24, 2.45) is 5.92 Å². The Hall–Kier alpha value is -0.930. The van der Waals surface area contributed by atoms with Crippen LogP contribution in [0.2, 0.25) is 0 Å². The van der Waals surface area contributed by atoms with Crippen molar-refractivity contribution in [3.63, 3.8) is 0 Å². The van der Waals surface area contributed by atoms with E-state index in [0.717, 1.165) is 38.2 Å². The second kappa shape index (κ2) is 6.12. The van der Waals surface area contributed by atoms with Gasteiger partial charge in [-0.3, -0.25) is 0 Å². The van der Waals surface area contributed by atoms with Gasteiger partial charge in [0.25, 0.3) is 0 Å². The van der Waals surface area contributed by atoms with Crippen LogP contribution in [0.5, 0.6) is 0 Å². The minimum atomic E-state index is -0.164. The number of nitrogens with one attached hydrogen (secondary N) is 1. The van der Waals surface area contributed by atoms with E-state index in [1.807, 2.05) is 6.07 Å². The zero-order chi connectivity index (χ0) is 12.1. The predicted molar refractivity (Wildman–Crippen MR) is 66.2 cm³/mol. The lowest BCUT2D eigenvalue weighted by atomic mass is 9.93. The Morgan fingerprint density at radius 3 is 2.88 bits per heavy atom. The molecule has 1 fully saturated rings. The quantitative estimate of drug-likeness (QED) is 0.869. The molecule has 1 N–H and O–H groups in total. The monoisotopic (exact) mass is 237 g/mol. The number of hydrogen-bond acceptors (Lipinski definition) is 2. The molecular weight excluding hydrogens is 217 g/mol. The van der Waals surface area contributed by atoms with Crippen molar-refractivity contribution >= 4 is 0 Å². The van der Waals surface area contributed by atoms with Gasteiger partial charge >= 0.3 is 0 Å². The first kappa shape index (κ1) is 12.5. The third kappa shape index (κ3) is 3.79. The lowest BCUT2D eigenvalue weighted by Crippen LogP contribution is -2.36. The van der Waals surface area contributed by atoms with Crippen LogP contribution in [0.15, 0.2) is 24.3 Å². The van der Waals surface area contributed by atoms with Crippen molar-refractivity contribution in [2.45, 2.75) is 32.4 Å². The minimum absolute atomic E-state index is 0.164. The third-order valence-corrected chi connectivity index (χ3v) is 3.49. The van der Waals surface area contributed by atoms with E-state index >= 15 is 0 Å². The van der Waals surface area contributed by atoms with E-state index in [-0.39, 0.29) is 5.82 Å². The number of benzene rings is 1. The van der Waals surface area contributed by atoms with Gasteiger partial charge in [-0.2, -0.15) is 0 Å². The molecule has 2 nitrogen and oxygen atoms in total. The highest BCUT2D eigenvalue weighted by Crippen LogP contribution is 2.18. The first-order valence-corrected chi connectivity index (χ1v) is 6.31. The van der Waals surface area contributed by atoms with Crippen molar-refractivity contribution in [1.82, 2.24) is 5.32 Å². The molecule has 1 atom stereocenters. The Balaban J connectivity index is 1.80. The summed E-state index contributed by atoms with van der Waals surface area (Å²) >= 11 is 0. The topological polar surface area (TPSA) is 21.3 Å². The van der Waals surface area contributed by atoms with Gasteiger partial charge in [-0.05, 0) is 43.4 Å². The van der Waals surface area contributed by atoms with Crippen molar-refractivity contribution < 1.29 is 9.13 Å². The molecule has 1 saturated heterocycles. The molecule has 2 rings (SSSR count). The smallest absolute Gasteiger partial charge is 0.123 e. The van der Waals surface area contributed by atoms with Gasteiger partial charge in [-0.1, -0.05) is 12.1 Å². The highest BCUT2D eigenvalue weighted by molar-refractivity contribution is 5.16. The molecule has 0 aliphatic carbocycles. The number of halogens is 1. The second-order valence-electron chi connectivity index (χ2n) is 4.75. The molecule has 0 spiro atoms. The van der Waals surface area contributed by atoms with Crippen LogP contribution in [0.25, 0.3) is 0 Å². The zero-order valence-electron chi connectivity index (χ0n) is 10.3. The molecule has 17 heavy (non-hydrogen) atoms. The first-order valence-electron chi connectivity index (χ1n) is 6.31. The van der Waals surface area contributed by atoms with Gasteiger partial charge in [-0.25, -0.2) is 4.39 Å². The van der Waals surface area contributed by atoms with Gasteiger partial charge in [-0.15, -0.1) is 0 Å². The van der Waals surface area contributed by atoms with Gasteiger partial charge < -0.3 is 10.1 Å². The molecule has 1 aromatic carbocycles. The fourth-order valence-corrected chi connectivity index (χ4v) is 2.31. The molecule has 1 aliphatic rings. The van der Waals surface area contributed by atoms with Crippen LogP contribution in [-0.2, 0) is 11.3 Å². The highest BCUT2D eigenvalue weighted by Gasteiger charge is 2.19. The zero-order valence-corrected chi connectivity index (χ0v) is 10.3. The minimum Gasteiger partial charge on any atom is -0.381 e. The van der Waals surface area contributed by atoms with Crippen molar-refractivity contribution in [3.8, 4) is 0 Å². The van der Waals surface area contributed by atoms with Crippen LogP contribution in [0.1, 0.15) is 25.3 Å². The van der Waals surface area contributed by atoms with Crippen molar-refractivity contribution in [3.05, 3.63) is 35.6 Å². The lowest BCUT2D eigenvalue weighted by Gasteiger charge is -2.28. The normalized spacial score (nSPS) is 19.2. The molecule has 0 amide bonds. The molecule has 3 heteroatoms. The Bertz CT molecular complexity index is 350. The van der Waals surface area contributed by atoms with E-state index in [2.05, 4.69) is 12.2 Å². The summed E-state index contributed by atoms with van der Waals surface area (Å²) in [6.07, 6.45) is 2.24. The maximum absolute atomic E-state index is 13.0. The van der Waals surface area contributed by atoms with Crippen LogP contribution in [0.3, 0.4) is 0 Å². The van der Waals surface area contributed by atoms with E-state index in [1.165, 1.54) is 6.07 Å². The fourth-order valence-electron chi connectivity index (χ4n) is 2.31. The van der Waals surface area contributed by atoms with Crippen molar-refractivity contribution in [2.75, 3.05) is 13.2 Å². The average molecular weight is 237 g/mol. The van der Waals surface area contributed by atoms with E-state index in [1.54, 1.807) is 12.1 Å². The fraction of sp³-hybridized carbons (Fsp3) is 0.571. The number of rotatable bonds is 4. The molecule has 0 bridgehead atoms. The van der Waals surface area contributed by atoms with E-state index in [0.29, 0.717) is 12.0 Å². The third-order valence-electron chi connectivity index (χ3n) is 3.49. The summed E-state index contributed by atoms with van der Waals surface area (Å²) in [6, 6.07) is 7.23. The SMILES string of the molecule is CC(NCc1cccc(F)c1)C1CCOCC1. The van der Waals surface area contributed by atoms with E-state index < -0.39 is 0 Å². The van der Waals surface area contributed by atoms with Crippen molar-refractivity contribution in [1.29, 1.82) is 0 Å². The molecule has 94 valence electrons. The Morgan fingerprint density at radius 2 is 2.18 bits per heavy atom. The maximum Gasteiger partial charge on any atom is 0.123 e. The summed E-state index contributed by atoms with van der Waals surface area (Å²) in [7, 11) is 0. The van der Waals surface area contributed by atoms with Crippen LogP contribution in [0.4, 0.5) is 4.39 Å². The summed E-state index contributed by atoms with van der Waals surface area (Å²) in [4.78, 5) is 0. The van der Waals surface area contributed by atoms with Gasteiger partial charge in [0.2, 0.25) is 0 Å². The molecular formula is C14H20FNO. The van der Waals surface area contributed by atoms with E-state index in [4.69, 9.17) is 4.74 Å². The summed E-state index contributed by atoms with van der Waals surface area (Å²) in [5.41, 5.74) is 1.00. The highest BCUT2D eigenvalue weighted by atomic mass is 19.1. The largest absolute Gasteiger partial charge is 0.381 e. The van der Waals surface area contributed by atoms with E-state index in [9.17, 15) is 4.39 Å². The molecule has 0 saturated carbocycles. The summed E-state index contributed by atoms with van der Waals surface area (Å²) in [5, 5.41) is 3.47. The predicted octanol–water partition coefficient (Wildman–Crippen LogP) is 2.73. The molecule has 0 aromatic heterocycles. The standard InChI is InChI=1S/C14H20FNO/c1-11(13-5-7-17-8-6-13)16-10-12-3-2-4-14(15)9-12/h2-4,9,11,13,16H,5-8,10H2,1H3. The number of hydrogen-bond donors (Lipinski definition) is 1. The Labute approximate surface area is 102 Å². The number of ether oxygens (including phenoxy) is 1. The van der Waals surface area contributed by atoms with Gasteiger partial charge in [0.05, 0.1) is 0 Å². The lowest BCUT2D eigenvalue weighted by molar-refractivity contribution is 0.0558. The van der Waals surface area contributed by atoms with Crippen LogP contribution < -0.4 is 5.32 Å². The average Bonchev–Trinajstić information content (AvgIpc) is 2.37. The summed E-state index contributed by atoms with van der Waals surface area (Å²) in [6.45, 7) is 4.68.